The van der Waals surface area contributed by atoms with Crippen LogP contribution in [0, 0.1) is 10.1 Å². The second-order valence-electron chi connectivity index (χ2n) is 6.26. The third-order valence-corrected chi connectivity index (χ3v) is 6.53. The molecule has 2 heterocycles. The van der Waals surface area contributed by atoms with E-state index >= 15 is 0 Å². The van der Waals surface area contributed by atoms with Crippen LogP contribution in [0.25, 0.3) is 15.9 Å². The number of nitrogens with zero attached hydrogens (tertiary/aromatic N) is 3. The minimum Gasteiger partial charge on any atom is -0.268 e. The van der Waals surface area contributed by atoms with E-state index < -0.39 is 4.92 Å². The first-order chi connectivity index (χ1) is 12.6. The summed E-state index contributed by atoms with van der Waals surface area (Å²) < 4.78 is 1.58. The van der Waals surface area contributed by atoms with Crippen molar-refractivity contribution in [3.63, 3.8) is 0 Å². The molecule has 134 valence electrons. The Labute approximate surface area is 158 Å². The third-order valence-electron chi connectivity index (χ3n) is 4.71. The van der Waals surface area contributed by atoms with Crippen LogP contribution in [0.5, 0.6) is 0 Å². The van der Waals surface area contributed by atoms with Gasteiger partial charge < -0.3 is 0 Å². The van der Waals surface area contributed by atoms with Gasteiger partial charge in [-0.3, -0.25) is 19.5 Å². The summed E-state index contributed by atoms with van der Waals surface area (Å²) in [5, 5.41) is 12.2. The van der Waals surface area contributed by atoms with E-state index in [1.807, 2.05) is 6.26 Å². The van der Waals surface area contributed by atoms with Crippen LogP contribution in [0.1, 0.15) is 29.7 Å². The zero-order valence-electron chi connectivity index (χ0n) is 14.2. The molecule has 0 saturated heterocycles. The minimum absolute atomic E-state index is 0.00550. The van der Waals surface area contributed by atoms with Crippen molar-refractivity contribution in [1.82, 2.24) is 9.55 Å². The molecule has 26 heavy (non-hydrogen) atoms. The van der Waals surface area contributed by atoms with Crippen LogP contribution >= 0.6 is 23.1 Å². The van der Waals surface area contributed by atoms with Gasteiger partial charge in [0.2, 0.25) is 0 Å². The predicted octanol–water partition coefficient (Wildman–Crippen LogP) is 4.35. The smallest absolute Gasteiger partial charge is 0.268 e. The molecule has 4 rings (SSSR count). The Bertz CT molecular complexity index is 1050. The molecule has 0 radical (unpaired) electrons. The fourth-order valence-electron chi connectivity index (χ4n) is 3.45. The molecule has 8 heteroatoms. The van der Waals surface area contributed by atoms with Gasteiger partial charge in [0, 0.05) is 17.0 Å². The normalized spacial score (nSPS) is 14.2. The summed E-state index contributed by atoms with van der Waals surface area (Å²) >= 11 is 3.04. The van der Waals surface area contributed by atoms with E-state index in [2.05, 4.69) is 0 Å². The lowest BCUT2D eigenvalue weighted by molar-refractivity contribution is -0.384. The van der Waals surface area contributed by atoms with Gasteiger partial charge in [-0.2, -0.15) is 0 Å². The lowest BCUT2D eigenvalue weighted by Gasteiger charge is -2.11. The Morgan fingerprint density at radius 1 is 1.19 bits per heavy atom. The van der Waals surface area contributed by atoms with Gasteiger partial charge in [-0.15, -0.1) is 11.3 Å². The Morgan fingerprint density at radius 2 is 1.92 bits per heavy atom. The van der Waals surface area contributed by atoms with Crippen LogP contribution in [-0.2, 0) is 12.8 Å². The molecule has 1 aromatic carbocycles. The lowest BCUT2D eigenvalue weighted by Crippen LogP contribution is -2.21. The third kappa shape index (κ3) is 2.83. The summed E-state index contributed by atoms with van der Waals surface area (Å²) in [6.45, 7) is 0. The summed E-state index contributed by atoms with van der Waals surface area (Å²) in [5.41, 5.74) is 1.69. The van der Waals surface area contributed by atoms with Crippen molar-refractivity contribution in [2.45, 2.75) is 37.3 Å². The Kier molecular flexibility index (Phi) is 4.54. The molecule has 0 bridgehead atoms. The van der Waals surface area contributed by atoms with Crippen molar-refractivity contribution in [3.05, 3.63) is 55.2 Å². The maximum atomic E-state index is 13.4. The zero-order valence-corrected chi connectivity index (χ0v) is 15.9. The number of benzene rings is 1. The molecular weight excluding hydrogens is 370 g/mol. The SMILES string of the molecule is CSc1nc2sc3c(c2c(=O)n1-c1ccc([N+](=O)[O-])cc1)CCCCC3. The fraction of sp³-hybridized carbons (Fsp3) is 0.333. The largest absolute Gasteiger partial charge is 0.269 e. The number of nitro groups is 1. The topological polar surface area (TPSA) is 78.0 Å². The Balaban J connectivity index is 1.96. The number of thiophene rings is 1. The molecule has 2 aromatic heterocycles. The van der Waals surface area contributed by atoms with Gasteiger partial charge >= 0.3 is 0 Å². The minimum atomic E-state index is -0.442. The molecule has 0 amide bonds. The molecule has 0 fully saturated rings. The first-order valence-corrected chi connectivity index (χ1v) is 10.5. The number of aryl methyl sites for hydroxylation is 2. The van der Waals surface area contributed by atoms with Gasteiger partial charge in [0.25, 0.3) is 11.2 Å². The molecule has 0 N–H and O–H groups in total. The fourth-order valence-corrected chi connectivity index (χ4v) is 5.31. The van der Waals surface area contributed by atoms with E-state index in [1.165, 1.54) is 35.2 Å². The van der Waals surface area contributed by atoms with E-state index in [9.17, 15) is 14.9 Å². The van der Waals surface area contributed by atoms with Gasteiger partial charge in [0.1, 0.15) is 4.83 Å². The summed E-state index contributed by atoms with van der Waals surface area (Å²) in [6.07, 6.45) is 7.27. The van der Waals surface area contributed by atoms with Gasteiger partial charge in [0.05, 0.1) is 16.0 Å². The average Bonchev–Trinajstić information content (AvgIpc) is 2.83. The maximum Gasteiger partial charge on any atom is 0.269 e. The Morgan fingerprint density at radius 3 is 2.62 bits per heavy atom. The van der Waals surface area contributed by atoms with Gasteiger partial charge in [-0.1, -0.05) is 18.2 Å². The number of nitro benzene ring substituents is 1. The standard InChI is InChI=1S/C18H17N3O3S2/c1-25-18-19-16-15(13-5-3-2-4-6-14(13)26-16)17(22)20(18)11-7-9-12(10-8-11)21(23)24/h7-10H,2-6H2,1H3. The van der Waals surface area contributed by atoms with Crippen LogP contribution in [0.15, 0.2) is 34.2 Å². The van der Waals surface area contributed by atoms with Crippen LogP contribution in [-0.4, -0.2) is 20.7 Å². The number of aromatic nitrogens is 2. The molecule has 0 saturated carbocycles. The molecule has 0 atom stereocenters. The van der Waals surface area contributed by atoms with Crippen molar-refractivity contribution in [1.29, 1.82) is 0 Å². The Hall–Kier alpha value is -2.19. The molecule has 1 aliphatic rings. The second-order valence-corrected chi connectivity index (χ2v) is 8.11. The van der Waals surface area contributed by atoms with Crippen LogP contribution in [0.4, 0.5) is 5.69 Å². The van der Waals surface area contributed by atoms with E-state index in [0.29, 0.717) is 10.8 Å². The molecule has 0 unspecified atom stereocenters. The van der Waals surface area contributed by atoms with Crippen molar-refractivity contribution in [2.75, 3.05) is 6.26 Å². The monoisotopic (exact) mass is 387 g/mol. The average molecular weight is 387 g/mol. The number of rotatable bonds is 3. The molecule has 0 spiro atoms. The number of thioether (sulfide) groups is 1. The summed E-state index contributed by atoms with van der Waals surface area (Å²) in [5.74, 6) is 0. The van der Waals surface area contributed by atoms with Crippen LogP contribution < -0.4 is 5.56 Å². The number of hydrogen-bond donors (Lipinski definition) is 0. The summed E-state index contributed by atoms with van der Waals surface area (Å²) in [4.78, 5) is 30.6. The van der Waals surface area contributed by atoms with Gasteiger partial charge in [0.15, 0.2) is 5.16 Å². The highest BCUT2D eigenvalue weighted by atomic mass is 32.2. The van der Waals surface area contributed by atoms with Crippen molar-refractivity contribution < 1.29 is 4.92 Å². The van der Waals surface area contributed by atoms with Crippen LogP contribution in [0.3, 0.4) is 0 Å². The lowest BCUT2D eigenvalue weighted by atomic mass is 10.1. The molecule has 1 aliphatic carbocycles. The van der Waals surface area contributed by atoms with Gasteiger partial charge in [-0.05, 0) is 49.6 Å². The molecule has 0 aliphatic heterocycles. The molecular formula is C18H17N3O3S2. The number of hydrogen-bond acceptors (Lipinski definition) is 6. The summed E-state index contributed by atoms with van der Waals surface area (Å²) in [6, 6.07) is 6.06. The zero-order chi connectivity index (χ0) is 18.3. The number of non-ortho nitro benzene ring substituents is 1. The first kappa shape index (κ1) is 17.2. The first-order valence-electron chi connectivity index (χ1n) is 8.46. The second kappa shape index (κ2) is 6.85. The van der Waals surface area contributed by atoms with Crippen molar-refractivity contribution >= 4 is 39.0 Å². The van der Waals surface area contributed by atoms with Crippen molar-refractivity contribution in [3.8, 4) is 5.69 Å². The highest BCUT2D eigenvalue weighted by Gasteiger charge is 2.22. The summed E-state index contributed by atoms with van der Waals surface area (Å²) in [7, 11) is 0. The molecule has 6 nitrogen and oxygen atoms in total. The van der Waals surface area contributed by atoms with Gasteiger partial charge in [-0.25, -0.2) is 4.98 Å². The van der Waals surface area contributed by atoms with E-state index in [-0.39, 0.29) is 11.2 Å². The van der Waals surface area contributed by atoms with E-state index in [1.54, 1.807) is 28.0 Å². The van der Waals surface area contributed by atoms with Crippen molar-refractivity contribution in [2.24, 2.45) is 0 Å². The maximum absolute atomic E-state index is 13.4. The quantitative estimate of drug-likeness (QED) is 0.220. The highest BCUT2D eigenvalue weighted by molar-refractivity contribution is 7.98. The molecule has 3 aromatic rings. The van der Waals surface area contributed by atoms with Crippen LogP contribution in [0.2, 0.25) is 0 Å². The highest BCUT2D eigenvalue weighted by Crippen LogP contribution is 2.34. The predicted molar refractivity (Wildman–Crippen MR) is 105 cm³/mol. The van der Waals surface area contributed by atoms with E-state index in [4.69, 9.17) is 4.98 Å². The van der Waals surface area contributed by atoms with E-state index in [0.717, 1.165) is 41.5 Å². The number of fused-ring (bicyclic) bond motifs is 3.